The fourth-order valence-electron chi connectivity index (χ4n) is 1.93. The van der Waals surface area contributed by atoms with E-state index in [0.29, 0.717) is 35.0 Å². The van der Waals surface area contributed by atoms with Crippen LogP contribution < -0.4 is 20.5 Å². The lowest BCUT2D eigenvalue weighted by Crippen LogP contribution is -2.13. The van der Waals surface area contributed by atoms with Crippen LogP contribution in [0, 0.1) is 0 Å². The van der Waals surface area contributed by atoms with Gasteiger partial charge in [-0.2, -0.15) is 0 Å². The summed E-state index contributed by atoms with van der Waals surface area (Å²) in [5.74, 6) is 0.987. The zero-order chi connectivity index (χ0) is 16.1. The lowest BCUT2D eigenvalue weighted by Gasteiger charge is -2.12. The molecule has 0 heterocycles. The van der Waals surface area contributed by atoms with Crippen molar-refractivity contribution in [2.24, 2.45) is 0 Å². The van der Waals surface area contributed by atoms with E-state index in [2.05, 4.69) is 21.2 Å². The summed E-state index contributed by atoms with van der Waals surface area (Å²) >= 11 is 3.39. The average Bonchev–Trinajstić information content (AvgIpc) is 2.49. The first-order chi connectivity index (χ1) is 10.5. The van der Waals surface area contributed by atoms with Crippen molar-refractivity contribution in [3.8, 4) is 11.5 Å². The van der Waals surface area contributed by atoms with Crippen LogP contribution in [0.1, 0.15) is 17.3 Å². The zero-order valence-electron chi connectivity index (χ0n) is 12.4. The smallest absolute Gasteiger partial charge is 0.255 e. The SMILES string of the molecule is CCOc1ccc(C(=O)Nc2cc(N)ccc2OC)cc1Br. The van der Waals surface area contributed by atoms with E-state index >= 15 is 0 Å². The minimum Gasteiger partial charge on any atom is -0.495 e. The van der Waals surface area contributed by atoms with Crippen molar-refractivity contribution < 1.29 is 14.3 Å². The Balaban J connectivity index is 2.22. The van der Waals surface area contributed by atoms with Gasteiger partial charge in [-0.05, 0) is 59.3 Å². The molecule has 0 unspecified atom stereocenters. The number of hydrogen-bond acceptors (Lipinski definition) is 4. The number of hydrogen-bond donors (Lipinski definition) is 2. The molecule has 1 amide bonds. The highest BCUT2D eigenvalue weighted by Gasteiger charge is 2.12. The number of amides is 1. The Morgan fingerprint density at radius 1 is 1.23 bits per heavy atom. The van der Waals surface area contributed by atoms with Crippen molar-refractivity contribution in [3.63, 3.8) is 0 Å². The molecule has 0 saturated heterocycles. The Morgan fingerprint density at radius 3 is 2.59 bits per heavy atom. The quantitative estimate of drug-likeness (QED) is 0.793. The number of nitrogens with one attached hydrogen (secondary N) is 1. The lowest BCUT2D eigenvalue weighted by molar-refractivity contribution is 0.102. The molecule has 0 aromatic heterocycles. The van der Waals surface area contributed by atoms with Gasteiger partial charge in [0.1, 0.15) is 11.5 Å². The molecule has 0 aliphatic carbocycles. The molecular weight excluding hydrogens is 348 g/mol. The van der Waals surface area contributed by atoms with Gasteiger partial charge in [0.2, 0.25) is 0 Å². The molecule has 0 aliphatic rings. The summed E-state index contributed by atoms with van der Waals surface area (Å²) in [6, 6.07) is 10.2. The third-order valence-electron chi connectivity index (χ3n) is 2.97. The number of halogens is 1. The predicted molar refractivity (Wildman–Crippen MR) is 90.7 cm³/mol. The standard InChI is InChI=1S/C16H17BrN2O3/c1-3-22-14-6-4-10(8-12(14)17)16(20)19-13-9-11(18)5-7-15(13)21-2/h4-9H,3,18H2,1-2H3,(H,19,20). The maximum atomic E-state index is 12.3. The van der Waals surface area contributed by atoms with Gasteiger partial charge in [-0.15, -0.1) is 0 Å². The van der Waals surface area contributed by atoms with Crippen molar-refractivity contribution in [1.29, 1.82) is 0 Å². The molecule has 5 nitrogen and oxygen atoms in total. The van der Waals surface area contributed by atoms with Gasteiger partial charge in [0, 0.05) is 11.3 Å². The summed E-state index contributed by atoms with van der Waals surface area (Å²) in [7, 11) is 1.54. The Labute approximate surface area is 137 Å². The number of carbonyl (C=O) groups excluding carboxylic acids is 1. The van der Waals surface area contributed by atoms with Crippen molar-refractivity contribution in [1.82, 2.24) is 0 Å². The van der Waals surface area contributed by atoms with Gasteiger partial charge in [-0.1, -0.05) is 0 Å². The minimum absolute atomic E-state index is 0.257. The van der Waals surface area contributed by atoms with Crippen LogP contribution in [0.2, 0.25) is 0 Å². The van der Waals surface area contributed by atoms with Crippen LogP contribution in [0.3, 0.4) is 0 Å². The fraction of sp³-hybridized carbons (Fsp3) is 0.188. The first-order valence-corrected chi connectivity index (χ1v) is 7.51. The second kappa shape index (κ2) is 7.17. The molecule has 0 spiro atoms. The topological polar surface area (TPSA) is 73.6 Å². The third-order valence-corrected chi connectivity index (χ3v) is 3.59. The maximum absolute atomic E-state index is 12.3. The molecule has 0 fully saturated rings. The number of benzene rings is 2. The Morgan fingerprint density at radius 2 is 1.95 bits per heavy atom. The number of nitrogen functional groups attached to an aromatic ring is 1. The molecule has 0 atom stereocenters. The number of nitrogens with two attached hydrogens (primary N) is 1. The fourth-order valence-corrected chi connectivity index (χ4v) is 2.43. The summed E-state index contributed by atoms with van der Waals surface area (Å²) < 4.78 is 11.4. The Hall–Kier alpha value is -2.21. The van der Waals surface area contributed by atoms with Crippen LogP contribution in [0.25, 0.3) is 0 Å². The highest BCUT2D eigenvalue weighted by molar-refractivity contribution is 9.10. The summed E-state index contributed by atoms with van der Waals surface area (Å²) in [5.41, 5.74) is 7.31. The molecule has 116 valence electrons. The monoisotopic (exact) mass is 364 g/mol. The average molecular weight is 365 g/mol. The molecule has 6 heteroatoms. The molecule has 2 rings (SSSR count). The van der Waals surface area contributed by atoms with Gasteiger partial charge in [-0.25, -0.2) is 0 Å². The van der Waals surface area contributed by atoms with E-state index in [1.165, 1.54) is 7.11 Å². The molecule has 2 aromatic carbocycles. The first-order valence-electron chi connectivity index (χ1n) is 6.72. The molecule has 0 saturated carbocycles. The summed E-state index contributed by atoms with van der Waals surface area (Å²) in [6.45, 7) is 2.46. The van der Waals surface area contributed by atoms with Gasteiger partial charge in [0.25, 0.3) is 5.91 Å². The number of ether oxygens (including phenoxy) is 2. The number of anilines is 2. The van der Waals surface area contributed by atoms with E-state index in [1.54, 1.807) is 36.4 Å². The van der Waals surface area contributed by atoms with Gasteiger partial charge < -0.3 is 20.5 Å². The van der Waals surface area contributed by atoms with Crippen LogP contribution in [0.5, 0.6) is 11.5 Å². The normalized spacial score (nSPS) is 10.1. The number of methoxy groups -OCH3 is 1. The highest BCUT2D eigenvalue weighted by atomic mass is 79.9. The largest absolute Gasteiger partial charge is 0.495 e. The number of rotatable bonds is 5. The molecule has 2 aromatic rings. The summed E-state index contributed by atoms with van der Waals surface area (Å²) in [6.07, 6.45) is 0. The van der Waals surface area contributed by atoms with Crippen LogP contribution in [0.15, 0.2) is 40.9 Å². The van der Waals surface area contributed by atoms with Crippen molar-refractivity contribution >= 4 is 33.2 Å². The van der Waals surface area contributed by atoms with Gasteiger partial charge in [0.05, 0.1) is 23.9 Å². The lowest BCUT2D eigenvalue weighted by atomic mass is 10.2. The van der Waals surface area contributed by atoms with E-state index in [1.807, 2.05) is 6.92 Å². The molecule has 3 N–H and O–H groups in total. The highest BCUT2D eigenvalue weighted by Crippen LogP contribution is 2.29. The first kappa shape index (κ1) is 16.2. The van der Waals surface area contributed by atoms with E-state index in [0.717, 1.165) is 4.47 Å². The molecule has 0 aliphatic heterocycles. The Bertz CT molecular complexity index is 689. The summed E-state index contributed by atoms with van der Waals surface area (Å²) in [4.78, 5) is 12.3. The van der Waals surface area contributed by atoms with Gasteiger partial charge >= 0.3 is 0 Å². The Kier molecular flexibility index (Phi) is 5.27. The predicted octanol–water partition coefficient (Wildman–Crippen LogP) is 3.69. The second-order valence-electron chi connectivity index (χ2n) is 4.49. The van der Waals surface area contributed by atoms with Crippen LogP contribution in [0.4, 0.5) is 11.4 Å². The molecule has 0 radical (unpaired) electrons. The minimum atomic E-state index is -0.257. The maximum Gasteiger partial charge on any atom is 0.255 e. The van der Waals surface area contributed by atoms with Crippen molar-refractivity contribution in [2.75, 3.05) is 24.8 Å². The zero-order valence-corrected chi connectivity index (χ0v) is 13.9. The van der Waals surface area contributed by atoms with Gasteiger partial charge in [-0.3, -0.25) is 4.79 Å². The van der Waals surface area contributed by atoms with Crippen molar-refractivity contribution in [3.05, 3.63) is 46.4 Å². The number of carbonyl (C=O) groups is 1. The molecule has 22 heavy (non-hydrogen) atoms. The van der Waals surface area contributed by atoms with Crippen molar-refractivity contribution in [2.45, 2.75) is 6.92 Å². The van der Waals surface area contributed by atoms with E-state index in [9.17, 15) is 4.79 Å². The van der Waals surface area contributed by atoms with E-state index in [4.69, 9.17) is 15.2 Å². The summed E-state index contributed by atoms with van der Waals surface area (Å²) in [5, 5.41) is 2.79. The molecule has 0 bridgehead atoms. The van der Waals surface area contributed by atoms with E-state index in [-0.39, 0.29) is 5.91 Å². The van der Waals surface area contributed by atoms with Crippen LogP contribution >= 0.6 is 15.9 Å². The van der Waals surface area contributed by atoms with E-state index < -0.39 is 0 Å². The third kappa shape index (κ3) is 3.71. The second-order valence-corrected chi connectivity index (χ2v) is 5.35. The van der Waals surface area contributed by atoms with Crippen LogP contribution in [-0.2, 0) is 0 Å². The van der Waals surface area contributed by atoms with Crippen LogP contribution in [-0.4, -0.2) is 19.6 Å². The van der Waals surface area contributed by atoms with Gasteiger partial charge in [0.15, 0.2) is 0 Å². The molecular formula is C16H17BrN2O3.